The molecule has 0 fully saturated rings. The fraction of sp³-hybridized carbons (Fsp3) is 0.292. The van der Waals surface area contributed by atoms with Gasteiger partial charge in [0.1, 0.15) is 12.1 Å². The Bertz CT molecular complexity index is 1450. The van der Waals surface area contributed by atoms with Crippen LogP contribution in [0, 0.1) is 0 Å². The maximum absolute atomic E-state index is 13.7. The summed E-state index contributed by atoms with van der Waals surface area (Å²) in [5.74, 6) is -2.29. The molecule has 2 aromatic carbocycles. The van der Waals surface area contributed by atoms with Crippen LogP contribution in [0.3, 0.4) is 0 Å². The van der Waals surface area contributed by atoms with Crippen LogP contribution in [0.25, 0.3) is 10.9 Å². The maximum atomic E-state index is 13.7. The molecule has 9 nitrogen and oxygen atoms in total. The molecule has 192 valence electrons. The molecule has 12 heteroatoms. The predicted molar refractivity (Wildman–Crippen MR) is 138 cm³/mol. The van der Waals surface area contributed by atoms with E-state index in [0.717, 1.165) is 4.31 Å². The number of benzene rings is 2. The molecule has 1 amide bonds. The number of aromatic nitrogens is 1. The summed E-state index contributed by atoms with van der Waals surface area (Å²) < 4.78 is 35.2. The lowest BCUT2D eigenvalue weighted by Gasteiger charge is -2.26. The van der Waals surface area contributed by atoms with Gasteiger partial charge in [-0.25, -0.2) is 8.42 Å². The summed E-state index contributed by atoms with van der Waals surface area (Å²) in [6, 6.07) is 8.31. The first-order valence-corrected chi connectivity index (χ1v) is 12.9. The predicted octanol–water partition coefficient (Wildman–Crippen LogP) is 3.95. The Morgan fingerprint density at radius 2 is 1.67 bits per heavy atom. The monoisotopic (exact) mass is 553 g/mol. The minimum Gasteiger partial charge on any atom is -0.459 e. The van der Waals surface area contributed by atoms with Crippen LogP contribution in [-0.4, -0.2) is 49.8 Å². The Hall–Kier alpha value is -3.08. The van der Waals surface area contributed by atoms with Crippen LogP contribution in [0.2, 0.25) is 10.0 Å². The molecular weight excluding hydrogens is 529 g/mol. The number of carbonyl (C=O) groups excluding carboxylic acids is 3. The summed E-state index contributed by atoms with van der Waals surface area (Å²) in [7, 11) is -1.33. The van der Waals surface area contributed by atoms with Gasteiger partial charge in [-0.05, 0) is 57.2 Å². The summed E-state index contributed by atoms with van der Waals surface area (Å²) >= 11 is 12.1. The largest absolute Gasteiger partial charge is 0.459 e. The third kappa shape index (κ3) is 5.83. The number of sulfonamides is 1. The second-order valence-electron chi connectivity index (χ2n) is 8.97. The number of rotatable bonds is 7. The number of amides is 1. The van der Waals surface area contributed by atoms with E-state index in [0.29, 0.717) is 10.9 Å². The van der Waals surface area contributed by atoms with E-state index in [1.54, 1.807) is 32.4 Å². The van der Waals surface area contributed by atoms with Crippen LogP contribution < -0.4 is 9.62 Å². The molecule has 0 radical (unpaired) electrons. The fourth-order valence-electron chi connectivity index (χ4n) is 3.56. The first-order valence-electron chi connectivity index (χ1n) is 10.7. The highest BCUT2D eigenvalue weighted by atomic mass is 35.5. The standard InChI is InChI=1S/C24H25Cl2N3O6S/c1-24(2,3)35-21(30)13-29(36(33,34)17-9-14(25)8-15(26)10-17)16-6-7-18-19(22(31)23(32)27-4)12-28(5)20(18)11-16/h6-12H,13H2,1-5H3,(H,27,32). The number of hydrogen-bond acceptors (Lipinski definition) is 6. The van der Waals surface area contributed by atoms with Crippen LogP contribution in [-0.2, 0) is 31.4 Å². The van der Waals surface area contributed by atoms with E-state index in [1.807, 2.05) is 0 Å². The van der Waals surface area contributed by atoms with Gasteiger partial charge in [-0.15, -0.1) is 0 Å². The van der Waals surface area contributed by atoms with Gasteiger partial charge in [0, 0.05) is 35.7 Å². The number of nitrogens with zero attached hydrogens (tertiary/aromatic N) is 2. The second kappa shape index (κ2) is 10.1. The lowest BCUT2D eigenvalue weighted by atomic mass is 10.1. The van der Waals surface area contributed by atoms with Crippen molar-refractivity contribution >= 4 is 67.5 Å². The average molecular weight is 554 g/mol. The molecule has 0 bridgehead atoms. The van der Waals surface area contributed by atoms with E-state index in [-0.39, 0.29) is 26.2 Å². The minimum atomic E-state index is -4.33. The zero-order chi connectivity index (χ0) is 27.0. The number of nitrogens with one attached hydrogen (secondary N) is 1. The van der Waals surface area contributed by atoms with Gasteiger partial charge in [-0.1, -0.05) is 23.2 Å². The Morgan fingerprint density at radius 1 is 1.06 bits per heavy atom. The zero-order valence-electron chi connectivity index (χ0n) is 20.3. The molecule has 0 unspecified atom stereocenters. The van der Waals surface area contributed by atoms with Gasteiger partial charge < -0.3 is 14.6 Å². The molecule has 0 aliphatic rings. The van der Waals surface area contributed by atoms with Crippen LogP contribution in [0.15, 0.2) is 47.5 Å². The average Bonchev–Trinajstić information content (AvgIpc) is 3.10. The quantitative estimate of drug-likeness (QED) is 0.269. The summed E-state index contributed by atoms with van der Waals surface area (Å²) in [5, 5.41) is 2.95. The van der Waals surface area contributed by atoms with Crippen molar-refractivity contribution in [2.75, 3.05) is 17.9 Å². The topological polar surface area (TPSA) is 115 Å². The Kier molecular flexibility index (Phi) is 7.73. The molecule has 0 saturated carbocycles. The van der Waals surface area contributed by atoms with Crippen molar-refractivity contribution in [3.05, 3.63) is 58.2 Å². The van der Waals surface area contributed by atoms with Crippen molar-refractivity contribution < 1.29 is 27.5 Å². The summed E-state index contributed by atoms with van der Waals surface area (Å²) in [6.07, 6.45) is 1.48. The molecule has 3 aromatic rings. The molecule has 1 aromatic heterocycles. The number of likely N-dealkylation sites (N-methyl/N-ethyl adjacent to an activating group) is 1. The van der Waals surface area contributed by atoms with Gasteiger partial charge in [0.05, 0.1) is 21.7 Å². The molecule has 36 heavy (non-hydrogen) atoms. The van der Waals surface area contributed by atoms with E-state index in [4.69, 9.17) is 27.9 Å². The molecule has 0 atom stereocenters. The summed E-state index contributed by atoms with van der Waals surface area (Å²) in [6.45, 7) is 4.37. The lowest BCUT2D eigenvalue weighted by molar-refractivity contribution is -0.152. The minimum absolute atomic E-state index is 0.105. The van der Waals surface area contributed by atoms with E-state index in [1.165, 1.54) is 49.6 Å². The van der Waals surface area contributed by atoms with Crippen LogP contribution >= 0.6 is 23.2 Å². The van der Waals surface area contributed by atoms with E-state index >= 15 is 0 Å². The molecule has 0 aliphatic carbocycles. The van der Waals surface area contributed by atoms with E-state index in [9.17, 15) is 22.8 Å². The number of carbonyl (C=O) groups is 3. The highest BCUT2D eigenvalue weighted by molar-refractivity contribution is 7.92. The third-order valence-corrected chi connectivity index (χ3v) is 7.24. The van der Waals surface area contributed by atoms with Gasteiger partial charge >= 0.3 is 5.97 Å². The number of hydrogen-bond donors (Lipinski definition) is 1. The van der Waals surface area contributed by atoms with Crippen molar-refractivity contribution in [2.24, 2.45) is 7.05 Å². The zero-order valence-corrected chi connectivity index (χ0v) is 22.6. The lowest BCUT2D eigenvalue weighted by Crippen LogP contribution is -2.39. The molecule has 3 rings (SSSR count). The number of halogens is 2. The highest BCUT2D eigenvalue weighted by Crippen LogP contribution is 2.32. The van der Waals surface area contributed by atoms with Gasteiger partial charge in [0.25, 0.3) is 21.7 Å². The van der Waals surface area contributed by atoms with Crippen molar-refractivity contribution in [3.63, 3.8) is 0 Å². The first-order chi connectivity index (χ1) is 16.6. The Morgan fingerprint density at radius 3 is 2.22 bits per heavy atom. The van der Waals surface area contributed by atoms with Crippen molar-refractivity contribution in [2.45, 2.75) is 31.3 Å². The summed E-state index contributed by atoms with van der Waals surface area (Å²) in [4.78, 5) is 36.9. The van der Waals surface area contributed by atoms with E-state index in [2.05, 4.69) is 5.32 Å². The van der Waals surface area contributed by atoms with E-state index < -0.39 is 39.8 Å². The normalized spacial score (nSPS) is 11.9. The molecule has 0 spiro atoms. The maximum Gasteiger partial charge on any atom is 0.327 e. The van der Waals surface area contributed by atoms with Crippen LogP contribution in [0.4, 0.5) is 5.69 Å². The van der Waals surface area contributed by atoms with Crippen LogP contribution in [0.1, 0.15) is 31.1 Å². The first kappa shape index (κ1) is 27.5. The Labute approximate surface area is 219 Å². The van der Waals surface area contributed by atoms with Gasteiger partial charge in [0.15, 0.2) is 0 Å². The second-order valence-corrected chi connectivity index (χ2v) is 11.7. The van der Waals surface area contributed by atoms with Crippen LogP contribution in [0.5, 0.6) is 0 Å². The van der Waals surface area contributed by atoms with Gasteiger partial charge in [0.2, 0.25) is 0 Å². The molecular formula is C24H25Cl2N3O6S. The molecule has 1 N–H and O–H groups in total. The number of ether oxygens (including phenoxy) is 1. The number of fused-ring (bicyclic) bond motifs is 1. The molecule has 1 heterocycles. The number of esters is 1. The smallest absolute Gasteiger partial charge is 0.327 e. The van der Waals surface area contributed by atoms with Crippen molar-refractivity contribution in [1.29, 1.82) is 0 Å². The van der Waals surface area contributed by atoms with Crippen molar-refractivity contribution in [3.8, 4) is 0 Å². The number of Topliss-reactive ketones (excluding diaryl/α,β-unsaturated/α-hetero) is 1. The number of aryl methyl sites for hydroxylation is 1. The molecule has 0 aliphatic heterocycles. The van der Waals surface area contributed by atoms with Gasteiger partial charge in [-0.2, -0.15) is 0 Å². The highest BCUT2D eigenvalue weighted by Gasteiger charge is 2.31. The number of anilines is 1. The SMILES string of the molecule is CNC(=O)C(=O)c1cn(C)c2cc(N(CC(=O)OC(C)(C)C)S(=O)(=O)c3cc(Cl)cc(Cl)c3)ccc12. The Balaban J connectivity index is 2.17. The molecule has 0 saturated heterocycles. The fourth-order valence-corrected chi connectivity index (χ4v) is 5.68. The third-order valence-electron chi connectivity index (χ3n) is 5.06. The van der Waals surface area contributed by atoms with Gasteiger partial charge in [-0.3, -0.25) is 18.7 Å². The number of ketones is 1. The van der Waals surface area contributed by atoms with Crippen molar-refractivity contribution in [1.82, 2.24) is 9.88 Å². The summed E-state index contributed by atoms with van der Waals surface area (Å²) in [5.41, 5.74) is -0.0947.